The summed E-state index contributed by atoms with van der Waals surface area (Å²) in [7, 11) is 0. The zero-order valence-electron chi connectivity index (χ0n) is 17.5. The molecule has 1 N–H and O–H groups in total. The molecule has 1 atom stereocenters. The fourth-order valence-electron chi connectivity index (χ4n) is 3.87. The summed E-state index contributed by atoms with van der Waals surface area (Å²) in [5, 5.41) is 0.649. The summed E-state index contributed by atoms with van der Waals surface area (Å²) >= 11 is 1.40. The highest BCUT2D eigenvalue weighted by molar-refractivity contribution is 7.99. The van der Waals surface area contributed by atoms with E-state index in [1.807, 2.05) is 17.9 Å². The van der Waals surface area contributed by atoms with Gasteiger partial charge >= 0.3 is 0 Å². The molecule has 0 unspecified atom stereocenters. The molecule has 2 aromatic heterocycles. The predicted octanol–water partition coefficient (Wildman–Crippen LogP) is 3.96. The van der Waals surface area contributed by atoms with Crippen LogP contribution >= 0.6 is 11.8 Å². The molecule has 154 valence electrons. The summed E-state index contributed by atoms with van der Waals surface area (Å²) in [6, 6.07) is 2.25. The van der Waals surface area contributed by atoms with Crippen LogP contribution in [-0.4, -0.2) is 43.7 Å². The number of thioether (sulfide) groups is 1. The van der Waals surface area contributed by atoms with E-state index < -0.39 is 0 Å². The summed E-state index contributed by atoms with van der Waals surface area (Å²) in [5.41, 5.74) is 2.12. The van der Waals surface area contributed by atoms with Gasteiger partial charge in [0.2, 0.25) is 5.91 Å². The number of fused-ring (bicyclic) bond motifs is 1. The number of hydrogen-bond acceptors (Lipinski definition) is 4. The van der Waals surface area contributed by atoms with Crippen molar-refractivity contribution in [2.45, 2.75) is 77.5 Å². The number of aromatic nitrogens is 3. The lowest BCUT2D eigenvalue weighted by Gasteiger charge is -2.35. The monoisotopic (exact) mass is 404 g/mol. The molecule has 0 aromatic carbocycles. The molecular weight excluding hydrogens is 372 g/mol. The molecule has 2 aromatic rings. The number of piperidine rings is 1. The molecule has 0 aliphatic carbocycles. The van der Waals surface area contributed by atoms with Crippen LogP contribution < -0.4 is 5.56 Å². The number of carbonyl (C=O) groups is 1. The second-order valence-electron chi connectivity index (χ2n) is 8.18. The predicted molar refractivity (Wildman–Crippen MR) is 115 cm³/mol. The van der Waals surface area contributed by atoms with Crippen molar-refractivity contribution in [1.82, 2.24) is 19.4 Å². The molecule has 0 bridgehead atoms. The van der Waals surface area contributed by atoms with Crippen molar-refractivity contribution in [1.29, 1.82) is 0 Å². The molecule has 1 fully saturated rings. The molecule has 1 aliphatic rings. The number of aryl methyl sites for hydroxylation is 1. The van der Waals surface area contributed by atoms with Crippen LogP contribution in [0.1, 0.15) is 58.6 Å². The van der Waals surface area contributed by atoms with E-state index in [2.05, 4.69) is 25.8 Å². The lowest BCUT2D eigenvalue weighted by Crippen LogP contribution is -2.44. The average molecular weight is 405 g/mol. The van der Waals surface area contributed by atoms with Gasteiger partial charge in [-0.05, 0) is 51.0 Å². The summed E-state index contributed by atoms with van der Waals surface area (Å²) in [5.74, 6) is 0.983. The largest absolute Gasteiger partial charge is 0.353 e. The standard InChI is InChI=1S/C21H32N4O2S/c1-5-16-8-6-7-10-24(16)18(26)13-28-21-23-17-12-15(4)22-19(17)20(27)25(21)11-9-14(2)3/h12,14,16,22H,5-11,13H2,1-4H3/t16-/m1/s1. The van der Waals surface area contributed by atoms with E-state index in [-0.39, 0.29) is 11.5 Å². The third-order valence-corrected chi connectivity index (χ3v) is 6.47. The van der Waals surface area contributed by atoms with Crippen molar-refractivity contribution >= 4 is 28.7 Å². The molecule has 28 heavy (non-hydrogen) atoms. The first kappa shape index (κ1) is 21.0. The first-order valence-corrected chi connectivity index (χ1v) is 11.4. The van der Waals surface area contributed by atoms with Crippen LogP contribution in [0, 0.1) is 12.8 Å². The smallest absolute Gasteiger partial charge is 0.278 e. The van der Waals surface area contributed by atoms with Crippen LogP contribution in [0.15, 0.2) is 16.0 Å². The zero-order chi connectivity index (χ0) is 20.3. The van der Waals surface area contributed by atoms with E-state index in [4.69, 9.17) is 4.98 Å². The average Bonchev–Trinajstić information content (AvgIpc) is 3.05. The highest BCUT2D eigenvalue weighted by Gasteiger charge is 2.25. The highest BCUT2D eigenvalue weighted by Crippen LogP contribution is 2.23. The molecule has 0 spiro atoms. The van der Waals surface area contributed by atoms with E-state index in [1.165, 1.54) is 18.2 Å². The minimum Gasteiger partial charge on any atom is -0.353 e. The van der Waals surface area contributed by atoms with Crippen molar-refractivity contribution in [3.63, 3.8) is 0 Å². The molecule has 0 radical (unpaired) electrons. The van der Waals surface area contributed by atoms with E-state index in [1.54, 1.807) is 4.57 Å². The van der Waals surface area contributed by atoms with Gasteiger partial charge in [-0.15, -0.1) is 0 Å². The van der Waals surface area contributed by atoms with Gasteiger partial charge in [-0.25, -0.2) is 4.98 Å². The Morgan fingerprint density at radius 3 is 2.89 bits per heavy atom. The van der Waals surface area contributed by atoms with Crippen LogP contribution in [0.3, 0.4) is 0 Å². The summed E-state index contributed by atoms with van der Waals surface area (Å²) in [4.78, 5) is 35.7. The molecular formula is C21H32N4O2S. The Morgan fingerprint density at radius 1 is 1.39 bits per heavy atom. The summed E-state index contributed by atoms with van der Waals surface area (Å²) in [6.07, 6.45) is 5.29. The van der Waals surface area contributed by atoms with Crippen molar-refractivity contribution in [3.8, 4) is 0 Å². The zero-order valence-corrected chi connectivity index (χ0v) is 18.3. The van der Waals surface area contributed by atoms with Crippen molar-refractivity contribution < 1.29 is 4.79 Å². The summed E-state index contributed by atoms with van der Waals surface area (Å²) in [6.45, 7) is 9.84. The maximum atomic E-state index is 13.0. The SMILES string of the molecule is CC[C@@H]1CCCCN1C(=O)CSc1nc2cc(C)[nH]c2c(=O)n1CCC(C)C. The minimum atomic E-state index is -0.0434. The van der Waals surface area contributed by atoms with Gasteiger partial charge in [-0.2, -0.15) is 0 Å². The van der Waals surface area contributed by atoms with E-state index >= 15 is 0 Å². The highest BCUT2D eigenvalue weighted by atomic mass is 32.2. The van der Waals surface area contributed by atoms with E-state index in [0.717, 1.165) is 37.9 Å². The Hall–Kier alpha value is -1.76. The first-order chi connectivity index (χ1) is 13.4. The number of nitrogens with one attached hydrogen (secondary N) is 1. The van der Waals surface area contributed by atoms with Crippen LogP contribution in [0.4, 0.5) is 0 Å². The van der Waals surface area contributed by atoms with Gasteiger partial charge in [-0.1, -0.05) is 32.5 Å². The number of amides is 1. The molecule has 3 rings (SSSR count). The molecule has 1 amide bonds. The Balaban J connectivity index is 1.83. The number of rotatable bonds is 7. The fraction of sp³-hybridized carbons (Fsp3) is 0.667. The van der Waals surface area contributed by atoms with Gasteiger partial charge in [0.1, 0.15) is 5.52 Å². The number of likely N-dealkylation sites (tertiary alicyclic amines) is 1. The molecule has 3 heterocycles. The van der Waals surface area contributed by atoms with Crippen LogP contribution in [0.2, 0.25) is 0 Å². The first-order valence-electron chi connectivity index (χ1n) is 10.4. The maximum absolute atomic E-state index is 13.0. The second-order valence-corrected chi connectivity index (χ2v) is 9.12. The number of hydrogen-bond donors (Lipinski definition) is 1. The quantitative estimate of drug-likeness (QED) is 0.560. The number of aromatic amines is 1. The van der Waals surface area contributed by atoms with Gasteiger partial charge in [0, 0.05) is 24.8 Å². The van der Waals surface area contributed by atoms with E-state index in [9.17, 15) is 9.59 Å². The molecule has 7 heteroatoms. The van der Waals surface area contributed by atoms with Crippen LogP contribution in [-0.2, 0) is 11.3 Å². The van der Waals surface area contributed by atoms with Gasteiger partial charge in [0.15, 0.2) is 5.16 Å². The van der Waals surface area contributed by atoms with Gasteiger partial charge < -0.3 is 9.88 Å². The fourth-order valence-corrected chi connectivity index (χ4v) is 4.78. The van der Waals surface area contributed by atoms with E-state index in [0.29, 0.717) is 40.4 Å². The number of carbonyl (C=O) groups excluding carboxylic acids is 1. The molecule has 1 aliphatic heterocycles. The Bertz CT molecular complexity index is 886. The molecule has 6 nitrogen and oxygen atoms in total. The van der Waals surface area contributed by atoms with Crippen molar-refractivity contribution in [2.24, 2.45) is 5.92 Å². The lowest BCUT2D eigenvalue weighted by atomic mass is 10.0. The second kappa shape index (κ2) is 9.16. The van der Waals surface area contributed by atoms with Crippen molar-refractivity contribution in [3.05, 3.63) is 22.1 Å². The number of nitrogens with zero attached hydrogens (tertiary/aromatic N) is 3. The lowest BCUT2D eigenvalue weighted by molar-refractivity contribution is -0.132. The van der Waals surface area contributed by atoms with Crippen LogP contribution in [0.25, 0.3) is 11.0 Å². The Kier molecular flexibility index (Phi) is 6.86. The van der Waals surface area contributed by atoms with Crippen molar-refractivity contribution in [2.75, 3.05) is 12.3 Å². The van der Waals surface area contributed by atoms with Gasteiger partial charge in [0.05, 0.1) is 11.3 Å². The normalized spacial score (nSPS) is 17.6. The molecule has 1 saturated heterocycles. The maximum Gasteiger partial charge on any atom is 0.278 e. The third-order valence-electron chi connectivity index (χ3n) is 5.51. The number of H-pyrrole nitrogens is 1. The topological polar surface area (TPSA) is 71.0 Å². The van der Waals surface area contributed by atoms with Gasteiger partial charge in [0.25, 0.3) is 5.56 Å². The van der Waals surface area contributed by atoms with Crippen LogP contribution in [0.5, 0.6) is 0 Å². The third kappa shape index (κ3) is 4.62. The Morgan fingerprint density at radius 2 is 2.18 bits per heavy atom. The summed E-state index contributed by atoms with van der Waals surface area (Å²) < 4.78 is 1.74. The Labute approximate surface area is 171 Å². The molecule has 0 saturated carbocycles. The minimum absolute atomic E-state index is 0.0434. The van der Waals surface area contributed by atoms with Gasteiger partial charge in [-0.3, -0.25) is 14.2 Å².